The summed E-state index contributed by atoms with van der Waals surface area (Å²) in [5.74, 6) is -1.37. The first-order chi connectivity index (χ1) is 21.8. The number of nitrogens with one attached hydrogen (secondary N) is 2. The topological polar surface area (TPSA) is 211 Å². The zero-order valence-corrected chi connectivity index (χ0v) is 26.6. The fourth-order valence-corrected chi connectivity index (χ4v) is 4.92. The summed E-state index contributed by atoms with van der Waals surface area (Å²) < 4.78 is 36.4. The number of benzene rings is 2. The molecule has 2 aromatic carbocycles. The Kier molecular flexibility index (Phi) is 16.2. The molecule has 1 aliphatic heterocycles. The van der Waals surface area contributed by atoms with Crippen LogP contribution in [0.5, 0.6) is 5.75 Å². The number of carbonyl (C=O) groups excluding carboxylic acids is 4. The Morgan fingerprint density at radius 2 is 1.70 bits per heavy atom. The summed E-state index contributed by atoms with van der Waals surface area (Å²) in [4.78, 5) is 48.9. The summed E-state index contributed by atoms with van der Waals surface area (Å²) in [6.07, 6.45) is 5.39. The van der Waals surface area contributed by atoms with E-state index in [9.17, 15) is 36.5 Å². The van der Waals surface area contributed by atoms with Gasteiger partial charge in [-0.2, -0.15) is 8.42 Å². The minimum absolute atomic E-state index is 0.00141. The van der Waals surface area contributed by atoms with Gasteiger partial charge < -0.3 is 36.2 Å². The van der Waals surface area contributed by atoms with E-state index >= 15 is 0 Å². The molecule has 46 heavy (non-hydrogen) atoms. The van der Waals surface area contributed by atoms with E-state index in [-0.39, 0.29) is 35.8 Å². The number of halogens is 1. The third kappa shape index (κ3) is 14.4. The van der Waals surface area contributed by atoms with Crippen molar-refractivity contribution in [1.29, 1.82) is 0 Å². The number of hydrogen-bond acceptors (Lipinski definition) is 9. The van der Waals surface area contributed by atoms with Crippen molar-refractivity contribution >= 4 is 41.6 Å². The van der Waals surface area contributed by atoms with Crippen molar-refractivity contribution in [3.63, 3.8) is 0 Å². The molecule has 1 aliphatic rings. The minimum atomic E-state index is -4.99. The average Bonchev–Trinajstić information content (AvgIpc) is 3.50. The Balaban J connectivity index is 0.000000387. The first-order valence-corrected chi connectivity index (χ1v) is 16.3. The summed E-state index contributed by atoms with van der Waals surface area (Å²) in [6.45, 7) is 3.27. The van der Waals surface area contributed by atoms with Crippen LogP contribution in [-0.2, 0) is 37.9 Å². The highest BCUT2D eigenvalue weighted by atomic mass is 32.3. The molecule has 1 radical (unpaired) electrons. The van der Waals surface area contributed by atoms with E-state index in [1.165, 1.54) is 24.3 Å². The van der Waals surface area contributed by atoms with Gasteiger partial charge in [0.25, 0.3) is 5.91 Å². The largest absolute Gasteiger partial charge is 0.488 e. The lowest BCUT2D eigenvalue weighted by Crippen LogP contribution is -2.49. The third-order valence-electron chi connectivity index (χ3n) is 7.07. The van der Waals surface area contributed by atoms with Crippen molar-refractivity contribution in [2.24, 2.45) is 11.5 Å². The molecule has 0 aromatic heterocycles. The van der Waals surface area contributed by atoms with Crippen LogP contribution in [0.2, 0.25) is 0 Å². The van der Waals surface area contributed by atoms with E-state index in [2.05, 4.69) is 14.8 Å². The van der Waals surface area contributed by atoms with Gasteiger partial charge >= 0.3 is 18.0 Å². The highest BCUT2D eigenvalue weighted by Gasteiger charge is 2.32. The second kappa shape index (κ2) is 19.5. The maximum Gasteiger partial charge on any atom is 0.488 e. The second-order valence-corrected chi connectivity index (χ2v) is 11.7. The fraction of sp³-hybridized carbons (Fsp3) is 0.467. The molecule has 2 atom stereocenters. The Hall–Kier alpha value is -4.02. The molecule has 13 nitrogen and oxygen atoms in total. The molecule has 1 saturated heterocycles. The Morgan fingerprint density at radius 3 is 2.28 bits per heavy atom. The van der Waals surface area contributed by atoms with Gasteiger partial charge in [0, 0.05) is 37.4 Å². The monoisotopic (exact) mass is 662 g/mol. The van der Waals surface area contributed by atoms with Crippen molar-refractivity contribution in [2.45, 2.75) is 76.8 Å². The zero-order chi connectivity index (χ0) is 34.1. The van der Waals surface area contributed by atoms with Crippen LogP contribution in [-0.4, -0.2) is 74.5 Å². The second-order valence-electron chi connectivity index (χ2n) is 10.7. The molecule has 0 saturated carbocycles. The molecule has 0 spiro atoms. The minimum Gasteiger partial charge on any atom is -0.452 e. The maximum absolute atomic E-state index is 12.5. The summed E-state index contributed by atoms with van der Waals surface area (Å²) in [5, 5.41) is 14.8. The van der Waals surface area contributed by atoms with E-state index in [1.807, 2.05) is 0 Å². The summed E-state index contributed by atoms with van der Waals surface area (Å²) in [7, 11) is -3.95. The van der Waals surface area contributed by atoms with Gasteiger partial charge in [0.15, 0.2) is 0 Å². The molecule has 251 valence electrons. The molecular formula is C30H42BFN5O8S. The van der Waals surface area contributed by atoms with Gasteiger partial charge in [-0.15, -0.1) is 0 Å². The number of primary amides is 1. The third-order valence-corrected chi connectivity index (χ3v) is 7.46. The predicted octanol–water partition coefficient (Wildman–Crippen LogP) is 1.20. The van der Waals surface area contributed by atoms with Gasteiger partial charge in [-0.3, -0.25) is 19.2 Å². The smallest absolute Gasteiger partial charge is 0.452 e. The first kappa shape index (κ1) is 38.2. The fourth-order valence-electron chi connectivity index (χ4n) is 4.58. The van der Waals surface area contributed by atoms with E-state index in [0.717, 1.165) is 50.7 Å². The SMILES string of the molecule is CC(NC(=O)c1ccc(CNC(=O)CCCCCN)cc1)C(=O)N1CCCC1[B]O.NC(=O)CCc1ccc(OS(=O)(=O)F)cc1. The van der Waals surface area contributed by atoms with Crippen molar-refractivity contribution in [2.75, 3.05) is 13.1 Å². The van der Waals surface area contributed by atoms with Crippen LogP contribution >= 0.6 is 0 Å². The van der Waals surface area contributed by atoms with Crippen LogP contribution in [0.4, 0.5) is 3.89 Å². The van der Waals surface area contributed by atoms with Gasteiger partial charge in [0.1, 0.15) is 11.8 Å². The van der Waals surface area contributed by atoms with Gasteiger partial charge in [-0.05, 0) is 81.0 Å². The quantitative estimate of drug-likeness (QED) is 0.0992. The molecule has 7 N–H and O–H groups in total. The Morgan fingerprint density at radius 1 is 1.04 bits per heavy atom. The Bertz CT molecular complexity index is 1400. The van der Waals surface area contributed by atoms with E-state index < -0.39 is 22.5 Å². The van der Waals surface area contributed by atoms with Gasteiger partial charge in [0.2, 0.25) is 17.7 Å². The lowest BCUT2D eigenvalue weighted by Gasteiger charge is -2.26. The summed E-state index contributed by atoms with van der Waals surface area (Å²) in [5.41, 5.74) is 12.5. The Labute approximate surface area is 269 Å². The lowest BCUT2D eigenvalue weighted by atomic mass is 9.86. The molecular weight excluding hydrogens is 620 g/mol. The van der Waals surface area contributed by atoms with Crippen molar-refractivity contribution in [3.8, 4) is 5.75 Å². The van der Waals surface area contributed by atoms with Crippen LogP contribution in [0.15, 0.2) is 48.5 Å². The van der Waals surface area contributed by atoms with E-state index in [4.69, 9.17) is 11.5 Å². The van der Waals surface area contributed by atoms with Gasteiger partial charge in [-0.1, -0.05) is 34.6 Å². The number of rotatable bonds is 16. The normalized spacial score (nSPS) is 14.8. The molecule has 2 unspecified atom stereocenters. The van der Waals surface area contributed by atoms with Crippen LogP contribution in [0.3, 0.4) is 0 Å². The number of nitrogens with zero attached hydrogens (tertiary/aromatic N) is 1. The molecule has 1 heterocycles. The molecule has 1 fully saturated rings. The summed E-state index contributed by atoms with van der Waals surface area (Å²) in [6, 6.07) is 11.9. The van der Waals surface area contributed by atoms with Crippen molar-refractivity contribution < 1.29 is 40.7 Å². The average molecular weight is 663 g/mol. The number of hydrogen-bond donors (Lipinski definition) is 5. The standard InChI is InChI=1S/C21H32BN4O4.C9H10FNO4S/c1-15(21(29)26-13-5-6-18(26)22-30)25-20(28)17-10-8-16(9-11-17)14-24-19(27)7-3-2-4-12-23;10-16(13,14)15-8-4-1-7(2-5-8)3-6-9(11)12/h8-11,15,18,30H,2-7,12-14,23H2,1H3,(H,24,27)(H,25,28);1-2,4-5H,3,6H2,(H2,11,12). The highest BCUT2D eigenvalue weighted by molar-refractivity contribution is 7.81. The zero-order valence-electron chi connectivity index (χ0n) is 25.8. The summed E-state index contributed by atoms with van der Waals surface area (Å²) >= 11 is 0. The number of nitrogens with two attached hydrogens (primary N) is 2. The number of amides is 4. The van der Waals surface area contributed by atoms with Gasteiger partial charge in [0.05, 0.1) is 0 Å². The maximum atomic E-state index is 12.5. The van der Waals surface area contributed by atoms with E-state index in [0.29, 0.717) is 38.0 Å². The molecule has 3 rings (SSSR count). The number of likely N-dealkylation sites (tertiary alicyclic amines) is 1. The van der Waals surface area contributed by atoms with Gasteiger partial charge in [-0.25, -0.2) is 0 Å². The number of carbonyl (C=O) groups is 4. The lowest BCUT2D eigenvalue weighted by molar-refractivity contribution is -0.132. The predicted molar refractivity (Wildman–Crippen MR) is 170 cm³/mol. The van der Waals surface area contributed by atoms with Crippen molar-refractivity contribution in [1.82, 2.24) is 15.5 Å². The van der Waals surface area contributed by atoms with Crippen molar-refractivity contribution in [3.05, 3.63) is 65.2 Å². The highest BCUT2D eigenvalue weighted by Crippen LogP contribution is 2.17. The molecule has 4 amide bonds. The van der Waals surface area contributed by atoms with Crippen LogP contribution < -0.4 is 26.3 Å². The van der Waals surface area contributed by atoms with Crippen LogP contribution in [0, 0.1) is 0 Å². The number of aryl methyl sites for hydroxylation is 1. The van der Waals surface area contributed by atoms with Crippen LogP contribution in [0.1, 0.15) is 73.4 Å². The molecule has 0 bridgehead atoms. The molecule has 0 aliphatic carbocycles. The molecule has 16 heteroatoms. The first-order valence-electron chi connectivity index (χ1n) is 15.0. The molecule has 2 aromatic rings. The van der Waals surface area contributed by atoms with Crippen LogP contribution in [0.25, 0.3) is 0 Å². The van der Waals surface area contributed by atoms with E-state index in [1.54, 1.807) is 36.1 Å². The number of unbranched alkanes of at least 4 members (excludes halogenated alkanes) is 2.